The molecule has 2 rings (SSSR count). The molecule has 0 aliphatic carbocycles. The Balaban J connectivity index is 2.10. The highest BCUT2D eigenvalue weighted by atomic mass is 32.2. The van der Waals surface area contributed by atoms with Crippen LogP contribution in [0.1, 0.15) is 19.8 Å². The van der Waals surface area contributed by atoms with Crippen molar-refractivity contribution >= 4 is 15.7 Å². The topological polar surface area (TPSA) is 75.4 Å². The highest BCUT2D eigenvalue weighted by Crippen LogP contribution is 2.21. The number of hydrogen-bond acceptors (Lipinski definition) is 4. The van der Waals surface area contributed by atoms with Crippen LogP contribution in [0.3, 0.4) is 0 Å². The number of nitrogens with two attached hydrogens (primary N) is 1. The molecule has 1 aromatic carbocycles. The fourth-order valence-electron chi connectivity index (χ4n) is 2.27. The van der Waals surface area contributed by atoms with Gasteiger partial charge in [-0.2, -0.15) is 0 Å². The molecule has 5 nitrogen and oxygen atoms in total. The molecule has 0 atom stereocenters. The summed E-state index contributed by atoms with van der Waals surface area (Å²) in [6.45, 7) is 4.03. The van der Waals surface area contributed by atoms with Gasteiger partial charge in [-0.25, -0.2) is 13.1 Å². The van der Waals surface area contributed by atoms with E-state index in [1.54, 1.807) is 19.1 Å². The van der Waals surface area contributed by atoms with Crippen molar-refractivity contribution in [1.82, 2.24) is 4.72 Å². The molecule has 1 heterocycles. The van der Waals surface area contributed by atoms with Gasteiger partial charge in [-0.3, -0.25) is 0 Å². The van der Waals surface area contributed by atoms with Crippen LogP contribution in [0.15, 0.2) is 29.2 Å². The fraction of sp³-hybridized carbons (Fsp3) is 0.538. The van der Waals surface area contributed by atoms with Gasteiger partial charge in [0.15, 0.2) is 0 Å². The van der Waals surface area contributed by atoms with Gasteiger partial charge in [-0.05, 0) is 37.1 Å². The predicted octanol–water partition coefficient (Wildman–Crippen LogP) is 0.912. The first-order valence-electron chi connectivity index (χ1n) is 6.63. The third-order valence-corrected chi connectivity index (χ3v) is 4.95. The third-order valence-electron chi connectivity index (χ3n) is 3.39. The Labute approximate surface area is 114 Å². The van der Waals surface area contributed by atoms with Crippen LogP contribution in [-0.2, 0) is 10.0 Å². The standard InChI is InChI=1S/C13H21N3O2S/c1-2-15-19(17,18)13-5-3-12(4-6-13)16-9-7-11(14)8-10-16/h3-6,11,15H,2,7-10,14H2,1H3. The summed E-state index contributed by atoms with van der Waals surface area (Å²) in [4.78, 5) is 2.55. The van der Waals surface area contributed by atoms with Crippen LogP contribution in [0, 0.1) is 0 Å². The zero-order valence-electron chi connectivity index (χ0n) is 11.2. The van der Waals surface area contributed by atoms with Crippen molar-refractivity contribution in [2.45, 2.75) is 30.7 Å². The molecule has 0 spiro atoms. The van der Waals surface area contributed by atoms with Gasteiger partial charge >= 0.3 is 0 Å². The second-order valence-electron chi connectivity index (χ2n) is 4.82. The molecular formula is C13H21N3O2S. The predicted molar refractivity (Wildman–Crippen MR) is 76.7 cm³/mol. The van der Waals surface area contributed by atoms with Gasteiger partial charge in [0.05, 0.1) is 4.90 Å². The summed E-state index contributed by atoms with van der Waals surface area (Å²) < 4.78 is 26.1. The number of sulfonamides is 1. The van der Waals surface area contributed by atoms with Gasteiger partial charge in [0.2, 0.25) is 10.0 Å². The van der Waals surface area contributed by atoms with Gasteiger partial charge in [-0.1, -0.05) is 6.92 Å². The van der Waals surface area contributed by atoms with E-state index in [1.165, 1.54) is 0 Å². The minimum Gasteiger partial charge on any atom is -0.371 e. The number of hydrogen-bond donors (Lipinski definition) is 2. The molecule has 1 aliphatic heterocycles. The summed E-state index contributed by atoms with van der Waals surface area (Å²) in [6, 6.07) is 7.33. The Hall–Kier alpha value is -1.11. The molecule has 1 aromatic rings. The number of nitrogens with one attached hydrogen (secondary N) is 1. The Morgan fingerprint density at radius 1 is 1.26 bits per heavy atom. The first-order chi connectivity index (χ1) is 9.03. The lowest BCUT2D eigenvalue weighted by atomic mass is 10.1. The van der Waals surface area contributed by atoms with Gasteiger partial charge in [0, 0.05) is 31.4 Å². The molecule has 0 unspecified atom stereocenters. The Morgan fingerprint density at radius 3 is 2.37 bits per heavy atom. The molecule has 1 saturated heterocycles. The molecule has 1 aliphatic rings. The maximum Gasteiger partial charge on any atom is 0.240 e. The molecule has 3 N–H and O–H groups in total. The van der Waals surface area contributed by atoms with E-state index >= 15 is 0 Å². The molecule has 0 radical (unpaired) electrons. The van der Waals surface area contributed by atoms with Crippen LogP contribution in [0.25, 0.3) is 0 Å². The third kappa shape index (κ3) is 3.46. The first kappa shape index (κ1) is 14.3. The van der Waals surface area contributed by atoms with Crippen molar-refractivity contribution in [1.29, 1.82) is 0 Å². The van der Waals surface area contributed by atoms with E-state index in [-0.39, 0.29) is 0 Å². The maximum absolute atomic E-state index is 11.8. The SMILES string of the molecule is CCNS(=O)(=O)c1ccc(N2CCC(N)CC2)cc1. The highest BCUT2D eigenvalue weighted by molar-refractivity contribution is 7.89. The number of piperidine rings is 1. The van der Waals surface area contributed by atoms with Crippen molar-refractivity contribution in [3.8, 4) is 0 Å². The summed E-state index contributed by atoms with van der Waals surface area (Å²) in [5.74, 6) is 0. The van der Waals surface area contributed by atoms with E-state index in [2.05, 4.69) is 9.62 Å². The Kier molecular flexibility index (Phi) is 4.44. The van der Waals surface area contributed by atoms with Gasteiger partial charge in [-0.15, -0.1) is 0 Å². The van der Waals surface area contributed by atoms with Crippen LogP contribution in [0.2, 0.25) is 0 Å². The zero-order chi connectivity index (χ0) is 13.9. The van der Waals surface area contributed by atoms with E-state index in [1.807, 2.05) is 12.1 Å². The second-order valence-corrected chi connectivity index (χ2v) is 6.59. The van der Waals surface area contributed by atoms with Crippen LogP contribution >= 0.6 is 0 Å². The average molecular weight is 283 g/mol. The molecule has 0 saturated carbocycles. The summed E-state index contributed by atoms with van der Waals surface area (Å²) in [5, 5.41) is 0. The molecule has 0 aromatic heterocycles. The monoisotopic (exact) mass is 283 g/mol. The van der Waals surface area contributed by atoms with Crippen molar-refractivity contribution in [3.05, 3.63) is 24.3 Å². The van der Waals surface area contributed by atoms with E-state index < -0.39 is 10.0 Å². The molecule has 0 amide bonds. The average Bonchev–Trinajstić information content (AvgIpc) is 2.40. The van der Waals surface area contributed by atoms with Crippen LogP contribution in [0.5, 0.6) is 0 Å². The maximum atomic E-state index is 11.8. The minimum absolute atomic E-state index is 0.296. The van der Waals surface area contributed by atoms with E-state index in [9.17, 15) is 8.42 Å². The normalized spacial score (nSPS) is 17.7. The largest absolute Gasteiger partial charge is 0.371 e. The van der Waals surface area contributed by atoms with Crippen LogP contribution in [-0.4, -0.2) is 34.1 Å². The Bertz CT molecular complexity index is 505. The smallest absolute Gasteiger partial charge is 0.240 e. The number of benzene rings is 1. The number of anilines is 1. The lowest BCUT2D eigenvalue weighted by molar-refractivity contribution is 0.501. The van der Waals surface area contributed by atoms with Crippen molar-refractivity contribution in [2.24, 2.45) is 5.73 Å². The van der Waals surface area contributed by atoms with Gasteiger partial charge in [0.1, 0.15) is 0 Å². The summed E-state index contributed by atoms with van der Waals surface area (Å²) in [7, 11) is -3.36. The van der Waals surface area contributed by atoms with Crippen molar-refractivity contribution in [3.63, 3.8) is 0 Å². The molecule has 19 heavy (non-hydrogen) atoms. The quantitative estimate of drug-likeness (QED) is 0.861. The second kappa shape index (κ2) is 5.90. The Morgan fingerprint density at radius 2 is 1.84 bits per heavy atom. The van der Waals surface area contributed by atoms with Crippen LogP contribution in [0.4, 0.5) is 5.69 Å². The van der Waals surface area contributed by atoms with E-state index in [4.69, 9.17) is 5.73 Å². The lowest BCUT2D eigenvalue weighted by Crippen LogP contribution is -2.39. The molecule has 6 heteroatoms. The van der Waals surface area contributed by atoms with Gasteiger partial charge < -0.3 is 10.6 Å². The van der Waals surface area contributed by atoms with E-state index in [0.29, 0.717) is 17.5 Å². The van der Waals surface area contributed by atoms with E-state index in [0.717, 1.165) is 31.6 Å². The summed E-state index contributed by atoms with van der Waals surface area (Å²) in [5.41, 5.74) is 6.93. The number of rotatable bonds is 4. The minimum atomic E-state index is -3.36. The molecule has 106 valence electrons. The highest BCUT2D eigenvalue weighted by Gasteiger charge is 2.17. The number of nitrogens with zero attached hydrogens (tertiary/aromatic N) is 1. The zero-order valence-corrected chi connectivity index (χ0v) is 12.0. The van der Waals surface area contributed by atoms with Crippen molar-refractivity contribution < 1.29 is 8.42 Å². The first-order valence-corrected chi connectivity index (χ1v) is 8.11. The fourth-order valence-corrected chi connectivity index (χ4v) is 3.31. The summed E-state index contributed by atoms with van der Waals surface area (Å²) >= 11 is 0. The van der Waals surface area contributed by atoms with Gasteiger partial charge in [0.25, 0.3) is 0 Å². The lowest BCUT2D eigenvalue weighted by Gasteiger charge is -2.32. The summed E-state index contributed by atoms with van der Waals surface area (Å²) in [6.07, 6.45) is 1.97. The van der Waals surface area contributed by atoms with Crippen molar-refractivity contribution in [2.75, 3.05) is 24.5 Å². The molecular weight excluding hydrogens is 262 g/mol. The molecule has 0 bridgehead atoms. The van der Waals surface area contributed by atoms with Crippen LogP contribution < -0.4 is 15.4 Å². The molecule has 1 fully saturated rings.